The Kier molecular flexibility index (Phi) is 5.18. The summed E-state index contributed by atoms with van der Waals surface area (Å²) < 4.78 is 12.0. The molecule has 3 nitrogen and oxygen atoms in total. The molecule has 2 heterocycles. The van der Waals surface area contributed by atoms with E-state index in [0.29, 0.717) is 6.61 Å². The van der Waals surface area contributed by atoms with E-state index in [4.69, 9.17) is 9.47 Å². The molecule has 1 aromatic rings. The molecule has 0 N–H and O–H groups in total. The summed E-state index contributed by atoms with van der Waals surface area (Å²) in [6, 6.07) is 3.86. The zero-order valence-corrected chi connectivity index (χ0v) is 12.0. The van der Waals surface area contributed by atoms with E-state index in [1.165, 1.54) is 6.42 Å². The Morgan fingerprint density at radius 3 is 3.11 bits per heavy atom. The van der Waals surface area contributed by atoms with Crippen molar-refractivity contribution >= 4 is 15.9 Å². The molecule has 1 aromatic heterocycles. The summed E-state index contributed by atoms with van der Waals surface area (Å²) in [5, 5.41) is 0. The van der Waals surface area contributed by atoms with Crippen molar-refractivity contribution in [2.75, 3.05) is 13.2 Å². The SMILES string of the molecule is Cc1cc(Br)cc(C#CCOC2CCCCO2)n1. The van der Waals surface area contributed by atoms with Gasteiger partial charge in [-0.2, -0.15) is 0 Å². The maximum Gasteiger partial charge on any atom is 0.158 e. The molecular formula is C14H16BrNO2. The number of hydrogen-bond acceptors (Lipinski definition) is 3. The lowest BCUT2D eigenvalue weighted by Crippen LogP contribution is -2.22. The van der Waals surface area contributed by atoms with Crippen LogP contribution in [0.2, 0.25) is 0 Å². The highest BCUT2D eigenvalue weighted by atomic mass is 79.9. The summed E-state index contributed by atoms with van der Waals surface area (Å²) >= 11 is 3.43. The average Bonchev–Trinajstić information content (AvgIpc) is 2.35. The molecule has 0 radical (unpaired) electrons. The van der Waals surface area contributed by atoms with Crippen LogP contribution in [0.3, 0.4) is 0 Å². The average molecular weight is 310 g/mol. The van der Waals surface area contributed by atoms with Crippen LogP contribution < -0.4 is 0 Å². The smallest absolute Gasteiger partial charge is 0.158 e. The molecule has 0 amide bonds. The minimum absolute atomic E-state index is 0.0785. The molecule has 0 bridgehead atoms. The van der Waals surface area contributed by atoms with Crippen LogP contribution in [-0.2, 0) is 9.47 Å². The Morgan fingerprint density at radius 2 is 2.39 bits per heavy atom. The zero-order chi connectivity index (χ0) is 12.8. The first-order valence-electron chi connectivity index (χ1n) is 6.10. The van der Waals surface area contributed by atoms with Gasteiger partial charge in [-0.3, -0.25) is 0 Å². The molecule has 1 unspecified atom stereocenters. The monoisotopic (exact) mass is 309 g/mol. The fourth-order valence-corrected chi connectivity index (χ4v) is 2.34. The van der Waals surface area contributed by atoms with Gasteiger partial charge >= 0.3 is 0 Å². The van der Waals surface area contributed by atoms with Crippen LogP contribution in [0, 0.1) is 18.8 Å². The van der Waals surface area contributed by atoms with Gasteiger partial charge < -0.3 is 9.47 Å². The minimum Gasteiger partial charge on any atom is -0.353 e. The zero-order valence-electron chi connectivity index (χ0n) is 10.4. The first kappa shape index (κ1) is 13.5. The molecule has 1 fully saturated rings. The van der Waals surface area contributed by atoms with Crippen molar-refractivity contribution in [1.82, 2.24) is 4.98 Å². The normalized spacial score (nSPS) is 19.1. The molecule has 2 rings (SSSR count). The predicted octanol–water partition coefficient (Wildman–Crippen LogP) is 3.05. The van der Waals surface area contributed by atoms with Gasteiger partial charge in [-0.15, -0.1) is 0 Å². The predicted molar refractivity (Wildman–Crippen MR) is 73.1 cm³/mol. The number of aryl methyl sites for hydroxylation is 1. The van der Waals surface area contributed by atoms with Crippen LogP contribution in [0.15, 0.2) is 16.6 Å². The molecular weight excluding hydrogens is 294 g/mol. The van der Waals surface area contributed by atoms with Gasteiger partial charge in [0, 0.05) is 16.8 Å². The van der Waals surface area contributed by atoms with Crippen molar-refractivity contribution in [2.45, 2.75) is 32.5 Å². The Bertz CT molecular complexity index is 438. The highest BCUT2D eigenvalue weighted by Crippen LogP contribution is 2.13. The second kappa shape index (κ2) is 6.89. The van der Waals surface area contributed by atoms with E-state index >= 15 is 0 Å². The van der Waals surface area contributed by atoms with E-state index in [1.807, 2.05) is 19.1 Å². The summed E-state index contributed by atoms with van der Waals surface area (Å²) in [6.07, 6.45) is 3.19. The van der Waals surface area contributed by atoms with E-state index < -0.39 is 0 Å². The maximum absolute atomic E-state index is 5.53. The fraction of sp³-hybridized carbons (Fsp3) is 0.500. The summed E-state index contributed by atoms with van der Waals surface area (Å²) in [5.74, 6) is 5.96. The maximum atomic E-state index is 5.53. The summed E-state index contributed by atoms with van der Waals surface area (Å²) in [6.45, 7) is 3.13. The summed E-state index contributed by atoms with van der Waals surface area (Å²) in [5.41, 5.74) is 1.71. The molecule has 0 spiro atoms. The number of ether oxygens (including phenoxy) is 2. The van der Waals surface area contributed by atoms with Gasteiger partial charge in [0.15, 0.2) is 6.29 Å². The molecule has 96 valence electrons. The third kappa shape index (κ3) is 4.41. The number of nitrogens with zero attached hydrogens (tertiary/aromatic N) is 1. The Balaban J connectivity index is 1.84. The molecule has 4 heteroatoms. The van der Waals surface area contributed by atoms with E-state index in [0.717, 1.165) is 35.3 Å². The molecule has 0 aliphatic carbocycles. The van der Waals surface area contributed by atoms with Crippen LogP contribution in [0.4, 0.5) is 0 Å². The Morgan fingerprint density at radius 1 is 1.50 bits per heavy atom. The Labute approximate surface area is 116 Å². The van der Waals surface area contributed by atoms with Crippen LogP contribution in [0.1, 0.15) is 30.7 Å². The molecule has 1 atom stereocenters. The molecule has 0 aromatic carbocycles. The second-order valence-corrected chi connectivity index (χ2v) is 5.14. The quantitative estimate of drug-likeness (QED) is 0.787. The summed E-state index contributed by atoms with van der Waals surface area (Å²) in [4.78, 5) is 4.33. The van der Waals surface area contributed by atoms with Crippen LogP contribution in [0.5, 0.6) is 0 Å². The first-order chi connectivity index (χ1) is 8.74. The number of pyridine rings is 1. The van der Waals surface area contributed by atoms with Gasteiger partial charge in [0.05, 0.1) is 0 Å². The van der Waals surface area contributed by atoms with Crippen molar-refractivity contribution in [3.05, 3.63) is 28.0 Å². The third-order valence-electron chi connectivity index (χ3n) is 2.61. The molecule has 18 heavy (non-hydrogen) atoms. The Hall–Kier alpha value is -0.890. The van der Waals surface area contributed by atoms with Crippen molar-refractivity contribution in [3.63, 3.8) is 0 Å². The van der Waals surface area contributed by atoms with Gasteiger partial charge in [-0.1, -0.05) is 21.9 Å². The number of aromatic nitrogens is 1. The number of halogens is 1. The van der Waals surface area contributed by atoms with Gasteiger partial charge in [-0.25, -0.2) is 4.98 Å². The summed E-state index contributed by atoms with van der Waals surface area (Å²) in [7, 11) is 0. The molecule has 1 aliphatic heterocycles. The highest BCUT2D eigenvalue weighted by molar-refractivity contribution is 9.10. The van der Waals surface area contributed by atoms with Gasteiger partial charge in [0.2, 0.25) is 0 Å². The fourth-order valence-electron chi connectivity index (χ4n) is 1.79. The number of hydrogen-bond donors (Lipinski definition) is 0. The van der Waals surface area contributed by atoms with E-state index in [-0.39, 0.29) is 6.29 Å². The molecule has 1 saturated heterocycles. The molecule has 0 saturated carbocycles. The first-order valence-corrected chi connectivity index (χ1v) is 6.89. The second-order valence-electron chi connectivity index (χ2n) is 4.22. The van der Waals surface area contributed by atoms with Gasteiger partial charge in [0.1, 0.15) is 12.3 Å². The van der Waals surface area contributed by atoms with Crippen LogP contribution in [0.25, 0.3) is 0 Å². The van der Waals surface area contributed by atoms with Crippen molar-refractivity contribution in [3.8, 4) is 11.8 Å². The minimum atomic E-state index is -0.0785. The van der Waals surface area contributed by atoms with E-state index in [1.54, 1.807) is 0 Å². The third-order valence-corrected chi connectivity index (χ3v) is 3.07. The largest absolute Gasteiger partial charge is 0.353 e. The van der Waals surface area contributed by atoms with E-state index in [2.05, 4.69) is 32.8 Å². The van der Waals surface area contributed by atoms with Gasteiger partial charge in [0.25, 0.3) is 0 Å². The number of rotatable bonds is 2. The van der Waals surface area contributed by atoms with Crippen LogP contribution >= 0.6 is 15.9 Å². The van der Waals surface area contributed by atoms with Crippen molar-refractivity contribution in [1.29, 1.82) is 0 Å². The van der Waals surface area contributed by atoms with Crippen LogP contribution in [-0.4, -0.2) is 24.5 Å². The molecule has 1 aliphatic rings. The lowest BCUT2D eigenvalue weighted by atomic mass is 10.2. The topological polar surface area (TPSA) is 31.4 Å². The van der Waals surface area contributed by atoms with Gasteiger partial charge in [-0.05, 0) is 44.2 Å². The lowest BCUT2D eigenvalue weighted by molar-refractivity contribution is -0.154. The highest BCUT2D eigenvalue weighted by Gasteiger charge is 2.12. The van der Waals surface area contributed by atoms with Crippen molar-refractivity contribution in [2.24, 2.45) is 0 Å². The standard InChI is InChI=1S/C14H16BrNO2/c1-11-9-12(15)10-13(16-11)5-4-8-18-14-6-2-3-7-17-14/h9-10,14H,2-3,6-8H2,1H3. The van der Waals surface area contributed by atoms with E-state index in [9.17, 15) is 0 Å². The lowest BCUT2D eigenvalue weighted by Gasteiger charge is -2.21. The van der Waals surface area contributed by atoms with Crippen molar-refractivity contribution < 1.29 is 9.47 Å².